The summed E-state index contributed by atoms with van der Waals surface area (Å²) in [6.45, 7) is 59.7. The fourth-order valence-corrected chi connectivity index (χ4v) is 35.1. The second-order valence-corrected chi connectivity index (χ2v) is 50.2. The van der Waals surface area contributed by atoms with Crippen LogP contribution in [-0.2, 0) is 0 Å². The van der Waals surface area contributed by atoms with Gasteiger partial charge in [0.25, 0.3) is 0 Å². The second-order valence-electron chi connectivity index (χ2n) is 50.2. The Hall–Kier alpha value is -1.72. The predicted octanol–water partition coefficient (Wildman–Crippen LogP) is 30.9. The fraction of sp³-hybridized carbons (Fsp3) is 0.895. The molecule has 36 atom stereocenters. The van der Waals surface area contributed by atoms with Crippen LogP contribution in [0, 0.1) is 209 Å². The van der Waals surface area contributed by atoms with Gasteiger partial charge in [0.2, 0.25) is 0 Å². The van der Waals surface area contributed by atoms with Crippen molar-refractivity contribution >= 4 is 0 Å². The minimum Gasteiger partial charge on any atom is -0.393 e. The van der Waals surface area contributed by atoms with Crippen molar-refractivity contribution < 1.29 is 20.4 Å². The molecule has 0 aliphatic heterocycles. The number of hydrogen-bond donors (Lipinski definition) is 4. The van der Waals surface area contributed by atoms with E-state index >= 15 is 0 Å². The van der Waals surface area contributed by atoms with Gasteiger partial charge in [-0.1, -0.05) is 263 Å². The highest BCUT2D eigenvalue weighted by atomic mass is 16.3. The van der Waals surface area contributed by atoms with Crippen molar-refractivity contribution in [1.82, 2.24) is 0 Å². The normalized spacial score (nSPS) is 46.0. The Labute approximate surface area is 730 Å². The van der Waals surface area contributed by atoms with Gasteiger partial charge >= 0.3 is 0 Å². The van der Waals surface area contributed by atoms with Crippen molar-refractivity contribution in [3.05, 3.63) is 70.9 Å². The van der Waals surface area contributed by atoms with E-state index in [2.05, 4.69) is 215 Å². The summed E-state index contributed by atoms with van der Waals surface area (Å²) in [5.41, 5.74) is 10.2. The Kier molecular flexibility index (Phi) is 29.9. The van der Waals surface area contributed by atoms with Gasteiger partial charge in [0, 0.05) is 0 Å². The van der Waals surface area contributed by atoms with E-state index < -0.39 is 0 Å². The summed E-state index contributed by atoms with van der Waals surface area (Å²) >= 11 is 0. The highest BCUT2D eigenvalue weighted by molar-refractivity contribution is 5.30. The van der Waals surface area contributed by atoms with E-state index in [-0.39, 0.29) is 24.4 Å². The zero-order chi connectivity index (χ0) is 85.3. The largest absolute Gasteiger partial charge is 0.393 e. The van der Waals surface area contributed by atoms with Crippen LogP contribution in [0.15, 0.2) is 70.9 Å². The quantitative estimate of drug-likeness (QED) is 0.0916. The Morgan fingerprint density at radius 1 is 0.305 bits per heavy atom. The van der Waals surface area contributed by atoms with E-state index in [4.69, 9.17) is 0 Å². The van der Waals surface area contributed by atoms with E-state index in [1.807, 2.05) is 0 Å². The van der Waals surface area contributed by atoms with Crippen LogP contribution in [0.1, 0.15) is 410 Å². The van der Waals surface area contributed by atoms with Crippen molar-refractivity contribution in [1.29, 1.82) is 0 Å². The van der Waals surface area contributed by atoms with Crippen LogP contribution >= 0.6 is 0 Å². The molecule has 12 fully saturated rings. The van der Waals surface area contributed by atoms with Gasteiger partial charge in [-0.15, -0.1) is 0 Å². The van der Waals surface area contributed by atoms with E-state index in [1.54, 1.807) is 22.3 Å². The Bertz CT molecular complexity index is 3480. The lowest BCUT2D eigenvalue weighted by molar-refractivity contribution is -0.0575. The van der Waals surface area contributed by atoms with Crippen molar-refractivity contribution in [3.8, 4) is 0 Å². The SMILES string of the molecule is CC(C)[C@H](C)/C=C/[C@@H](C)[C@H]1CC[C@H]2[C@@H]3CC=C4C[C@@H](O)CC[C@]4(C)[C@H]3CC[C@]12C.CC(C)[C@H](C)CC[C@@H](C)[C@H]1CC[C@H]2[C@@H]3CC=C4C[C@@H](O)CC[C@]4(C)[C@H]3CC[C@]12C.CC[C@H](/C=C/[C@@H](C)[C@H]1CC[C@H]2[C@@H]3CC=C4C[C@@H](O)CC[C@]4(C)[C@H]3CC[C@]12C)C(C)C.CC[C@H](CC[C@@H](C)[C@H]1CC[C@H]2[C@@H]3CC=C4C[C@@H](O)CC[C@]4(C)[C@H]3CC[C@]12C)C(C)C. The van der Waals surface area contributed by atoms with E-state index in [1.165, 1.54) is 193 Å². The van der Waals surface area contributed by atoms with Gasteiger partial charge in [-0.05, 0) is 427 Å². The van der Waals surface area contributed by atoms with E-state index in [0.29, 0.717) is 61.1 Å². The molecular weight excluding hydrogens is 1430 g/mol. The number of rotatable bonds is 20. The van der Waals surface area contributed by atoms with Gasteiger partial charge in [-0.3, -0.25) is 0 Å². The highest BCUT2D eigenvalue weighted by Gasteiger charge is 2.64. The summed E-state index contributed by atoms with van der Waals surface area (Å²) in [4.78, 5) is 0. The van der Waals surface area contributed by atoms with Gasteiger partial charge in [0.15, 0.2) is 0 Å². The molecular formula is C114H192O4. The zero-order valence-corrected chi connectivity index (χ0v) is 81.8. The molecule has 16 aliphatic carbocycles. The van der Waals surface area contributed by atoms with Crippen molar-refractivity contribution in [3.63, 3.8) is 0 Å². The molecule has 0 aromatic carbocycles. The first-order valence-electron chi connectivity index (χ1n) is 52.6. The summed E-state index contributed by atoms with van der Waals surface area (Å²) in [5, 5.41) is 40.9. The Morgan fingerprint density at radius 2 is 0.610 bits per heavy atom. The van der Waals surface area contributed by atoms with Crippen LogP contribution in [0.5, 0.6) is 0 Å². The minimum absolute atomic E-state index is 0.0790. The number of fused-ring (bicyclic) bond motifs is 20. The molecule has 4 nitrogen and oxygen atoms in total. The number of aliphatic hydroxyl groups excluding tert-OH is 4. The predicted molar refractivity (Wildman–Crippen MR) is 503 cm³/mol. The molecule has 16 rings (SSSR count). The van der Waals surface area contributed by atoms with Gasteiger partial charge in [0.05, 0.1) is 24.4 Å². The van der Waals surface area contributed by atoms with Crippen LogP contribution in [-0.4, -0.2) is 44.8 Å². The third-order valence-electron chi connectivity index (χ3n) is 43.7. The van der Waals surface area contributed by atoms with Crippen molar-refractivity contribution in [2.45, 2.75) is 435 Å². The van der Waals surface area contributed by atoms with Crippen LogP contribution in [0.4, 0.5) is 0 Å². The van der Waals surface area contributed by atoms with Crippen LogP contribution in [0.2, 0.25) is 0 Å². The lowest BCUT2D eigenvalue weighted by Gasteiger charge is -2.58. The van der Waals surface area contributed by atoms with E-state index in [0.717, 1.165) is 199 Å². The third-order valence-corrected chi connectivity index (χ3v) is 43.7. The average molecular weight is 1630 g/mol. The molecule has 0 heterocycles. The first-order valence-corrected chi connectivity index (χ1v) is 52.6. The first-order chi connectivity index (χ1) is 55.7. The number of aliphatic hydroxyl groups is 4. The molecule has 0 amide bonds. The third kappa shape index (κ3) is 17.9. The second kappa shape index (κ2) is 37.5. The lowest BCUT2D eigenvalue weighted by Crippen LogP contribution is -2.50. The minimum atomic E-state index is -0.0870. The molecule has 672 valence electrons. The maximum absolute atomic E-state index is 10.2. The monoisotopic (exact) mass is 1630 g/mol. The molecule has 0 bridgehead atoms. The lowest BCUT2D eigenvalue weighted by atomic mass is 9.47. The molecule has 4 N–H and O–H groups in total. The molecule has 0 aromatic rings. The summed E-state index contributed by atoms with van der Waals surface area (Å²) in [7, 11) is 0. The summed E-state index contributed by atoms with van der Waals surface area (Å²) in [6, 6.07) is 0. The zero-order valence-electron chi connectivity index (χ0n) is 81.8. The summed E-state index contributed by atoms with van der Waals surface area (Å²) in [6.07, 6.45) is 69.6. The smallest absolute Gasteiger partial charge is 0.0577 e. The topological polar surface area (TPSA) is 80.9 Å². The molecule has 12 saturated carbocycles. The molecule has 0 radical (unpaired) electrons. The molecule has 16 aliphatic rings. The molecule has 0 aromatic heterocycles. The molecule has 4 heteroatoms. The standard InChI is InChI=1S/C29H50O.C29H48O.C28H48O.C28H46O/c2*1-7-21(19(2)3)9-8-20(4)25-12-13-26-24-11-10-22-18-23(30)14-16-28(22,5)27(24)15-17-29(25,26)6;2*1-18(2)19(3)7-8-20(4)24-11-12-25-23-10-9-21-17-22(29)13-15-27(21,5)26(23)14-16-28(24,25)6/h10,19-21,23-27,30H,7-9,11-18H2,1-6H3;8-10,19-21,23-27,30H,7,11-18H2,1-6H3;9,18-20,22-26,29H,7-8,10-17H2,1-6H3;7-9,18-20,22-26,29H,10-17H2,1-6H3/b;9-8+;;8-7+/t2*20-,21-,23+,24+,25-,26+,27+,28+,29-;2*19-,20-,22+,23+,24-,25+,26+,27+,28-/m1111/s1. The first kappa shape index (κ1) is 93.9. The van der Waals surface area contributed by atoms with E-state index in [9.17, 15) is 20.4 Å². The average Bonchev–Trinajstić information content (AvgIpc) is 1.43. The maximum atomic E-state index is 10.2. The number of allylic oxidation sites excluding steroid dienone is 8. The molecule has 0 spiro atoms. The highest BCUT2D eigenvalue weighted by Crippen LogP contribution is 2.73. The Balaban J connectivity index is 0.000000136. The van der Waals surface area contributed by atoms with Gasteiger partial charge in [0.1, 0.15) is 0 Å². The maximum Gasteiger partial charge on any atom is 0.0577 e. The van der Waals surface area contributed by atoms with Gasteiger partial charge in [-0.25, -0.2) is 0 Å². The van der Waals surface area contributed by atoms with Gasteiger partial charge in [-0.2, -0.15) is 0 Å². The van der Waals surface area contributed by atoms with Crippen LogP contribution < -0.4 is 0 Å². The van der Waals surface area contributed by atoms with Gasteiger partial charge < -0.3 is 20.4 Å². The summed E-state index contributed by atoms with van der Waals surface area (Å²) in [5.74, 6) is 23.9. The molecule has 0 unspecified atom stereocenters. The van der Waals surface area contributed by atoms with Crippen LogP contribution in [0.3, 0.4) is 0 Å². The Morgan fingerprint density at radius 3 is 0.898 bits per heavy atom. The van der Waals surface area contributed by atoms with Crippen molar-refractivity contribution in [2.75, 3.05) is 0 Å². The van der Waals surface area contributed by atoms with Crippen LogP contribution in [0.25, 0.3) is 0 Å². The fourth-order valence-electron chi connectivity index (χ4n) is 35.1. The molecule has 118 heavy (non-hydrogen) atoms. The van der Waals surface area contributed by atoms with Crippen molar-refractivity contribution in [2.24, 2.45) is 209 Å². The number of hydrogen-bond acceptors (Lipinski definition) is 4. The molecule has 0 saturated heterocycles. The summed E-state index contributed by atoms with van der Waals surface area (Å²) < 4.78 is 0.